The molecule has 9 heteroatoms. The summed E-state index contributed by atoms with van der Waals surface area (Å²) >= 11 is 0. The van der Waals surface area contributed by atoms with E-state index in [1.807, 2.05) is 0 Å². The van der Waals surface area contributed by atoms with Gasteiger partial charge in [0.15, 0.2) is 0 Å². The third kappa shape index (κ3) is 4.47. The van der Waals surface area contributed by atoms with Crippen molar-refractivity contribution < 1.29 is 18.0 Å². The molecule has 118 valence electrons. The molecule has 6 nitrogen and oxygen atoms in total. The number of likely N-dealkylation sites (N-methyl/N-ethyl adjacent to an activating group) is 1. The summed E-state index contributed by atoms with van der Waals surface area (Å²) in [6, 6.07) is 0.612. The second-order valence-electron chi connectivity index (χ2n) is 4.43. The Bertz CT molecular complexity index is 506. The number of anilines is 2. The minimum Gasteiger partial charge on any atom is -0.373 e. The smallest absolute Gasteiger partial charge is 0.373 e. The van der Waals surface area contributed by atoms with Gasteiger partial charge in [-0.25, -0.2) is 9.97 Å². The third-order valence-electron chi connectivity index (χ3n) is 2.82. The van der Waals surface area contributed by atoms with Crippen LogP contribution in [0.5, 0.6) is 0 Å². The van der Waals surface area contributed by atoms with Crippen LogP contribution in [0.2, 0.25) is 0 Å². The Balaban J connectivity index is 3.00. The molecule has 1 unspecified atom stereocenters. The van der Waals surface area contributed by atoms with Gasteiger partial charge in [-0.05, 0) is 13.8 Å². The van der Waals surface area contributed by atoms with E-state index in [1.54, 1.807) is 20.9 Å². The van der Waals surface area contributed by atoms with Crippen molar-refractivity contribution in [2.75, 3.05) is 31.3 Å². The van der Waals surface area contributed by atoms with Crippen molar-refractivity contribution in [1.82, 2.24) is 14.9 Å². The lowest BCUT2D eigenvalue weighted by Crippen LogP contribution is -2.39. The molecule has 1 rings (SSSR count). The van der Waals surface area contributed by atoms with E-state index in [0.717, 1.165) is 0 Å². The molecule has 0 aliphatic heterocycles. The van der Waals surface area contributed by atoms with Gasteiger partial charge in [0.1, 0.15) is 17.7 Å². The maximum atomic E-state index is 12.7. The zero-order valence-electron chi connectivity index (χ0n) is 12.2. The van der Waals surface area contributed by atoms with Crippen LogP contribution in [0.3, 0.4) is 0 Å². The van der Waals surface area contributed by atoms with Gasteiger partial charge in [0, 0.05) is 26.7 Å². The van der Waals surface area contributed by atoms with Gasteiger partial charge in [0.25, 0.3) is 0 Å². The Hall–Kier alpha value is -2.06. The number of carbonyl (C=O) groups excluding carboxylic acids is 1. The summed E-state index contributed by atoms with van der Waals surface area (Å²) in [5.74, 6) is -1.55. The van der Waals surface area contributed by atoms with Crippen LogP contribution in [0, 0.1) is 0 Å². The lowest BCUT2D eigenvalue weighted by Gasteiger charge is -2.21. The molecule has 0 saturated heterocycles. The van der Waals surface area contributed by atoms with Gasteiger partial charge in [-0.3, -0.25) is 4.79 Å². The summed E-state index contributed by atoms with van der Waals surface area (Å²) in [7, 11) is 3.06. The van der Waals surface area contributed by atoms with Gasteiger partial charge in [0.05, 0.1) is 0 Å². The summed E-state index contributed by atoms with van der Waals surface area (Å²) in [6.07, 6.45) is -4.66. The van der Waals surface area contributed by atoms with E-state index in [0.29, 0.717) is 6.54 Å². The van der Waals surface area contributed by atoms with E-state index in [4.69, 9.17) is 0 Å². The van der Waals surface area contributed by atoms with Crippen molar-refractivity contribution in [2.45, 2.75) is 26.1 Å². The van der Waals surface area contributed by atoms with Crippen LogP contribution in [0.1, 0.15) is 19.7 Å². The van der Waals surface area contributed by atoms with Crippen LogP contribution >= 0.6 is 0 Å². The van der Waals surface area contributed by atoms with Crippen LogP contribution in [0.25, 0.3) is 0 Å². The summed E-state index contributed by atoms with van der Waals surface area (Å²) in [6.45, 7) is 3.86. The highest BCUT2D eigenvalue weighted by atomic mass is 19.4. The second kappa shape index (κ2) is 6.59. The third-order valence-corrected chi connectivity index (χ3v) is 2.82. The Morgan fingerprint density at radius 1 is 1.38 bits per heavy atom. The highest BCUT2D eigenvalue weighted by molar-refractivity contribution is 5.83. The number of amides is 1. The van der Waals surface area contributed by atoms with Crippen molar-refractivity contribution in [2.24, 2.45) is 0 Å². The monoisotopic (exact) mass is 305 g/mol. The van der Waals surface area contributed by atoms with E-state index >= 15 is 0 Å². The minimum absolute atomic E-state index is 0.0170. The number of alkyl halides is 3. The van der Waals surface area contributed by atoms with Gasteiger partial charge in [-0.2, -0.15) is 13.2 Å². The molecule has 1 amide bonds. The average molecular weight is 305 g/mol. The normalized spacial score (nSPS) is 12.7. The molecule has 0 radical (unpaired) electrons. The van der Waals surface area contributed by atoms with Crippen LogP contribution in [0.4, 0.5) is 24.8 Å². The molecule has 0 aliphatic carbocycles. The molecule has 1 atom stereocenters. The number of hydrogen-bond acceptors (Lipinski definition) is 5. The molecular weight excluding hydrogens is 287 g/mol. The quantitative estimate of drug-likeness (QED) is 0.868. The lowest BCUT2D eigenvalue weighted by atomic mass is 10.3. The van der Waals surface area contributed by atoms with E-state index < -0.39 is 18.0 Å². The first-order valence-electron chi connectivity index (χ1n) is 6.34. The summed E-state index contributed by atoms with van der Waals surface area (Å²) in [4.78, 5) is 20.1. The molecule has 0 aliphatic rings. The fourth-order valence-electron chi connectivity index (χ4n) is 1.55. The molecule has 1 aromatic heterocycles. The maximum Gasteiger partial charge on any atom is 0.451 e. The number of carbonyl (C=O) groups is 1. The van der Waals surface area contributed by atoms with Gasteiger partial charge in [0.2, 0.25) is 11.7 Å². The Kier molecular flexibility index (Phi) is 5.34. The topological polar surface area (TPSA) is 70.2 Å². The first-order chi connectivity index (χ1) is 9.68. The van der Waals surface area contributed by atoms with E-state index in [-0.39, 0.29) is 17.5 Å². The van der Waals surface area contributed by atoms with Crippen molar-refractivity contribution in [3.63, 3.8) is 0 Å². The van der Waals surface area contributed by atoms with E-state index in [2.05, 4.69) is 20.6 Å². The molecule has 21 heavy (non-hydrogen) atoms. The standard InChI is InChI=1S/C12H18F3N5O/c1-5-20(4)10(21)7(2)17-9-6-8(16-3)18-11(19-9)12(13,14)15/h6-7H,5H2,1-4H3,(H2,16,17,18,19). The fraction of sp³-hybridized carbons (Fsp3) is 0.583. The molecule has 2 N–H and O–H groups in total. The number of aromatic nitrogens is 2. The van der Waals surface area contributed by atoms with Gasteiger partial charge < -0.3 is 15.5 Å². The first-order valence-corrected chi connectivity index (χ1v) is 6.34. The number of halogens is 3. The number of nitrogens with one attached hydrogen (secondary N) is 2. The molecular formula is C12H18F3N5O. The molecule has 0 fully saturated rings. The first kappa shape index (κ1) is 17.0. The maximum absolute atomic E-state index is 12.7. The number of rotatable bonds is 5. The summed E-state index contributed by atoms with van der Waals surface area (Å²) in [5, 5.41) is 5.19. The molecule has 0 bridgehead atoms. The van der Waals surface area contributed by atoms with Crippen molar-refractivity contribution >= 4 is 17.5 Å². The molecule has 1 aromatic rings. The van der Waals surface area contributed by atoms with Crippen LogP contribution in [-0.4, -0.2) is 47.5 Å². The highest BCUT2D eigenvalue weighted by Crippen LogP contribution is 2.28. The molecule has 0 saturated carbocycles. The fourth-order valence-corrected chi connectivity index (χ4v) is 1.55. The highest BCUT2D eigenvalue weighted by Gasteiger charge is 2.35. The predicted molar refractivity (Wildman–Crippen MR) is 73.0 cm³/mol. The molecule has 1 heterocycles. The largest absolute Gasteiger partial charge is 0.451 e. The SMILES string of the molecule is CCN(C)C(=O)C(C)Nc1cc(NC)nc(C(F)(F)F)n1. The lowest BCUT2D eigenvalue weighted by molar-refractivity contribution is -0.144. The van der Waals surface area contributed by atoms with Gasteiger partial charge in [-0.15, -0.1) is 0 Å². The summed E-state index contributed by atoms with van der Waals surface area (Å²) in [5.41, 5.74) is 0. The Labute approximate surface area is 120 Å². The van der Waals surface area contributed by atoms with Crippen molar-refractivity contribution in [1.29, 1.82) is 0 Å². The van der Waals surface area contributed by atoms with Crippen LogP contribution in [0.15, 0.2) is 6.07 Å². The molecule has 0 aromatic carbocycles. The Morgan fingerprint density at radius 3 is 2.43 bits per heavy atom. The van der Waals surface area contributed by atoms with Crippen LogP contribution in [-0.2, 0) is 11.0 Å². The van der Waals surface area contributed by atoms with Crippen LogP contribution < -0.4 is 10.6 Å². The summed E-state index contributed by atoms with van der Waals surface area (Å²) < 4.78 is 38.1. The van der Waals surface area contributed by atoms with Gasteiger partial charge >= 0.3 is 6.18 Å². The number of nitrogens with zero attached hydrogens (tertiary/aromatic N) is 3. The van der Waals surface area contributed by atoms with E-state index in [9.17, 15) is 18.0 Å². The Morgan fingerprint density at radius 2 is 1.95 bits per heavy atom. The molecule has 0 spiro atoms. The average Bonchev–Trinajstić information content (AvgIpc) is 2.44. The number of hydrogen-bond donors (Lipinski definition) is 2. The zero-order valence-corrected chi connectivity index (χ0v) is 12.2. The predicted octanol–water partition coefficient (Wildman–Crippen LogP) is 1.82. The second-order valence-corrected chi connectivity index (χ2v) is 4.43. The van der Waals surface area contributed by atoms with Gasteiger partial charge in [-0.1, -0.05) is 0 Å². The minimum atomic E-state index is -4.66. The zero-order chi connectivity index (χ0) is 16.2. The van der Waals surface area contributed by atoms with Crippen molar-refractivity contribution in [3.05, 3.63) is 11.9 Å². The van der Waals surface area contributed by atoms with Crippen molar-refractivity contribution in [3.8, 4) is 0 Å². The van der Waals surface area contributed by atoms with E-state index in [1.165, 1.54) is 18.0 Å².